The summed E-state index contributed by atoms with van der Waals surface area (Å²) in [6, 6.07) is 0. The number of nitrogens with zero attached hydrogens (tertiary/aromatic N) is 2. The summed E-state index contributed by atoms with van der Waals surface area (Å²) >= 11 is 0. The van der Waals surface area contributed by atoms with Gasteiger partial charge in [0.2, 0.25) is 17.9 Å². The quantitative estimate of drug-likeness (QED) is 0.286. The summed E-state index contributed by atoms with van der Waals surface area (Å²) in [6.45, 7) is 5.83. The van der Waals surface area contributed by atoms with Gasteiger partial charge in [0.05, 0.1) is 0 Å². The minimum Gasteiger partial charge on any atom is -0.431 e. The van der Waals surface area contributed by atoms with E-state index in [0.717, 1.165) is 0 Å². The first-order valence-corrected chi connectivity index (χ1v) is 3.96. The van der Waals surface area contributed by atoms with E-state index in [1.807, 2.05) is 0 Å². The van der Waals surface area contributed by atoms with Crippen LogP contribution in [0.2, 0.25) is 0 Å². The minimum absolute atomic E-state index is 0.150. The summed E-state index contributed by atoms with van der Waals surface area (Å²) in [6.07, 6.45) is 2.50. The summed E-state index contributed by atoms with van der Waals surface area (Å²) in [7, 11) is 0. The monoisotopic (exact) mass is 210 g/mol. The highest BCUT2D eigenvalue weighted by atomic mass is 16.6. The second kappa shape index (κ2) is 5.65. The zero-order valence-electron chi connectivity index (χ0n) is 8.44. The summed E-state index contributed by atoms with van der Waals surface area (Å²) < 4.78 is 4.80. The number of hydrogen-bond donors (Lipinski definition) is 0. The number of carbonyl (C=O) groups excluding carboxylic acids is 3. The van der Waals surface area contributed by atoms with Crippen molar-refractivity contribution in [2.45, 2.75) is 19.6 Å². The van der Waals surface area contributed by atoms with Crippen LogP contribution >= 0.6 is 0 Å². The summed E-state index contributed by atoms with van der Waals surface area (Å²) in [5, 5.41) is 0. The Hall–Kier alpha value is -2.03. The van der Waals surface area contributed by atoms with Crippen LogP contribution < -0.4 is 0 Å². The molecule has 0 saturated heterocycles. The van der Waals surface area contributed by atoms with Crippen molar-refractivity contribution in [1.29, 1.82) is 0 Å². The SMILES string of the molecule is C=C(C)C(=O)OC(C)(CN=C=O)N=C=O. The molecule has 0 aromatic carbocycles. The summed E-state index contributed by atoms with van der Waals surface area (Å²) in [5.74, 6) is -0.724. The molecule has 0 saturated carbocycles. The average Bonchev–Trinajstić information content (AvgIpc) is 2.15. The smallest absolute Gasteiger partial charge is 0.335 e. The maximum Gasteiger partial charge on any atom is 0.335 e. The number of esters is 1. The van der Waals surface area contributed by atoms with Gasteiger partial charge in [0.1, 0.15) is 6.54 Å². The Labute approximate surface area is 86.4 Å². The Morgan fingerprint density at radius 1 is 1.47 bits per heavy atom. The fourth-order valence-electron chi connectivity index (χ4n) is 0.653. The minimum atomic E-state index is -1.53. The molecule has 1 unspecified atom stereocenters. The molecule has 6 nitrogen and oxygen atoms in total. The van der Waals surface area contributed by atoms with Gasteiger partial charge in [0.25, 0.3) is 0 Å². The van der Waals surface area contributed by atoms with E-state index in [4.69, 9.17) is 4.74 Å². The number of isocyanates is 2. The molecule has 0 N–H and O–H groups in total. The van der Waals surface area contributed by atoms with E-state index in [1.165, 1.54) is 26.0 Å². The van der Waals surface area contributed by atoms with Crippen LogP contribution in [0.15, 0.2) is 22.1 Å². The van der Waals surface area contributed by atoms with Crippen molar-refractivity contribution >= 4 is 18.1 Å². The van der Waals surface area contributed by atoms with Crippen LogP contribution in [0.4, 0.5) is 0 Å². The highest BCUT2D eigenvalue weighted by Crippen LogP contribution is 2.14. The Morgan fingerprint density at radius 3 is 2.47 bits per heavy atom. The van der Waals surface area contributed by atoms with Gasteiger partial charge in [0, 0.05) is 5.57 Å². The van der Waals surface area contributed by atoms with Crippen LogP contribution in [0.25, 0.3) is 0 Å². The van der Waals surface area contributed by atoms with Crippen molar-refractivity contribution in [3.63, 3.8) is 0 Å². The first kappa shape index (κ1) is 13.0. The van der Waals surface area contributed by atoms with Crippen molar-refractivity contribution in [2.75, 3.05) is 6.54 Å². The van der Waals surface area contributed by atoms with Gasteiger partial charge in [-0.2, -0.15) is 9.98 Å². The van der Waals surface area contributed by atoms with Gasteiger partial charge in [-0.1, -0.05) is 6.58 Å². The third-order valence-corrected chi connectivity index (χ3v) is 1.38. The Balaban J connectivity index is 4.79. The molecular formula is C9H10N2O4. The van der Waals surface area contributed by atoms with E-state index in [9.17, 15) is 14.4 Å². The van der Waals surface area contributed by atoms with Crippen LogP contribution in [0.3, 0.4) is 0 Å². The first-order valence-electron chi connectivity index (χ1n) is 3.96. The van der Waals surface area contributed by atoms with Gasteiger partial charge in [-0.25, -0.2) is 14.4 Å². The largest absolute Gasteiger partial charge is 0.431 e. The molecule has 0 amide bonds. The molecule has 0 aromatic heterocycles. The van der Waals surface area contributed by atoms with Gasteiger partial charge < -0.3 is 4.74 Å². The third-order valence-electron chi connectivity index (χ3n) is 1.38. The standard InChI is InChI=1S/C9H10N2O4/c1-7(2)8(14)15-9(3,11-6-13)4-10-5-12/h1,4H2,2-3H3. The van der Waals surface area contributed by atoms with E-state index in [1.54, 1.807) is 0 Å². The number of hydrogen-bond acceptors (Lipinski definition) is 6. The first-order chi connectivity index (χ1) is 6.95. The normalized spacial score (nSPS) is 12.7. The predicted octanol–water partition coefficient (Wildman–Crippen LogP) is 0.493. The topological polar surface area (TPSA) is 85.2 Å². The van der Waals surface area contributed by atoms with Gasteiger partial charge in [-0.3, -0.25) is 0 Å². The fourth-order valence-corrected chi connectivity index (χ4v) is 0.653. The molecule has 1 atom stereocenters. The summed E-state index contributed by atoms with van der Waals surface area (Å²) in [4.78, 5) is 37.6. The highest BCUT2D eigenvalue weighted by molar-refractivity contribution is 5.87. The lowest BCUT2D eigenvalue weighted by molar-refractivity contribution is -0.151. The molecule has 0 bridgehead atoms. The van der Waals surface area contributed by atoms with Gasteiger partial charge in [0.15, 0.2) is 0 Å². The van der Waals surface area contributed by atoms with E-state index in [2.05, 4.69) is 16.6 Å². The molecule has 6 heteroatoms. The Kier molecular flexibility index (Phi) is 4.88. The maximum atomic E-state index is 11.1. The summed E-state index contributed by atoms with van der Waals surface area (Å²) in [5.41, 5.74) is -1.38. The average molecular weight is 210 g/mol. The molecule has 15 heavy (non-hydrogen) atoms. The number of rotatable bonds is 5. The fraction of sp³-hybridized carbons (Fsp3) is 0.444. The molecule has 0 fully saturated rings. The van der Waals surface area contributed by atoms with Crippen LogP contribution in [0, 0.1) is 0 Å². The Bertz CT molecular complexity index is 364. The van der Waals surface area contributed by atoms with E-state index in [0.29, 0.717) is 0 Å². The number of carbonyl (C=O) groups is 1. The molecule has 0 radical (unpaired) electrons. The molecule has 0 aliphatic heterocycles. The highest BCUT2D eigenvalue weighted by Gasteiger charge is 2.28. The zero-order chi connectivity index (χ0) is 11.9. The molecule has 0 rings (SSSR count). The number of aliphatic imine (C=N–C) groups is 2. The van der Waals surface area contributed by atoms with Gasteiger partial charge in [-0.15, -0.1) is 0 Å². The molecule has 80 valence electrons. The van der Waals surface area contributed by atoms with Crippen LogP contribution in [-0.2, 0) is 19.1 Å². The van der Waals surface area contributed by atoms with Gasteiger partial charge in [-0.05, 0) is 13.8 Å². The van der Waals surface area contributed by atoms with Crippen LogP contribution in [-0.4, -0.2) is 30.4 Å². The molecule has 0 aliphatic rings. The Morgan fingerprint density at radius 2 is 2.07 bits per heavy atom. The van der Waals surface area contributed by atoms with E-state index >= 15 is 0 Å². The van der Waals surface area contributed by atoms with Crippen molar-refractivity contribution in [3.8, 4) is 0 Å². The van der Waals surface area contributed by atoms with E-state index in [-0.39, 0.29) is 12.1 Å². The van der Waals surface area contributed by atoms with Gasteiger partial charge >= 0.3 is 5.97 Å². The van der Waals surface area contributed by atoms with E-state index < -0.39 is 11.7 Å². The lowest BCUT2D eigenvalue weighted by Gasteiger charge is -2.20. The van der Waals surface area contributed by atoms with Crippen molar-refractivity contribution in [2.24, 2.45) is 9.98 Å². The van der Waals surface area contributed by atoms with Crippen molar-refractivity contribution in [3.05, 3.63) is 12.2 Å². The third kappa shape index (κ3) is 4.67. The lowest BCUT2D eigenvalue weighted by Crippen LogP contribution is -2.33. The van der Waals surface area contributed by atoms with Crippen molar-refractivity contribution in [1.82, 2.24) is 0 Å². The van der Waals surface area contributed by atoms with Crippen LogP contribution in [0.1, 0.15) is 13.8 Å². The second-order valence-electron chi connectivity index (χ2n) is 2.96. The number of ether oxygens (including phenoxy) is 1. The zero-order valence-corrected chi connectivity index (χ0v) is 8.44. The second-order valence-corrected chi connectivity index (χ2v) is 2.96. The molecule has 0 heterocycles. The molecular weight excluding hydrogens is 200 g/mol. The molecule has 0 aliphatic carbocycles. The molecule has 0 aromatic rings. The lowest BCUT2D eigenvalue weighted by atomic mass is 10.2. The van der Waals surface area contributed by atoms with Crippen molar-refractivity contribution < 1.29 is 19.1 Å². The molecule has 0 spiro atoms. The maximum absolute atomic E-state index is 11.1. The van der Waals surface area contributed by atoms with Crippen LogP contribution in [0.5, 0.6) is 0 Å². The predicted molar refractivity (Wildman–Crippen MR) is 50.4 cm³/mol.